The van der Waals surface area contributed by atoms with Gasteiger partial charge >= 0.3 is 0 Å². The number of benzene rings is 2. The Morgan fingerprint density at radius 2 is 1.83 bits per heavy atom. The summed E-state index contributed by atoms with van der Waals surface area (Å²) in [5.41, 5.74) is 6.15. The molecule has 3 rings (SSSR count). The minimum absolute atomic E-state index is 0.179. The number of hydrazone groups is 1. The fourth-order valence-electron chi connectivity index (χ4n) is 2.84. The van der Waals surface area contributed by atoms with Crippen LogP contribution >= 0.6 is 0 Å². The number of nitrogens with one attached hydrogen (secondary N) is 2. The van der Waals surface area contributed by atoms with Crippen molar-refractivity contribution < 1.29 is 9.29 Å². The number of para-hydroxylation sites is 1. The largest absolute Gasteiger partial charge is 0.358 e. The summed E-state index contributed by atoms with van der Waals surface area (Å²) >= 11 is 0. The Morgan fingerprint density at radius 1 is 1.12 bits per heavy atom. The molecule has 0 spiro atoms. The van der Waals surface area contributed by atoms with E-state index in [2.05, 4.69) is 22.5 Å². The third-order valence-electron chi connectivity index (χ3n) is 4.45. The Morgan fingerprint density at radius 3 is 2.50 bits per heavy atom. The van der Waals surface area contributed by atoms with Crippen LogP contribution < -0.4 is 15.2 Å². The maximum atomic E-state index is 14.5. The van der Waals surface area contributed by atoms with Crippen LogP contribution in [0.4, 0.5) is 15.8 Å². The molecular weight excluding hydrogens is 303 g/mol. The molecule has 4 nitrogen and oxygen atoms in total. The van der Waals surface area contributed by atoms with Gasteiger partial charge in [0.2, 0.25) is 0 Å². The molecule has 0 radical (unpaired) electrons. The molecule has 0 bridgehead atoms. The lowest BCUT2D eigenvalue weighted by atomic mass is 10.1. The lowest BCUT2D eigenvalue weighted by Gasteiger charge is -2.32. The summed E-state index contributed by atoms with van der Waals surface area (Å²) in [5.74, 6) is -0.179. The van der Waals surface area contributed by atoms with Crippen LogP contribution in [0.2, 0.25) is 0 Å². The van der Waals surface area contributed by atoms with Crippen LogP contribution in [-0.2, 0) is 0 Å². The SMILES string of the molecule is C/C(=N/Nc1ccccc1)c1ccc(N2CC[NH+](C)CC2)c(F)c1. The Kier molecular flexibility index (Phi) is 5.11. The molecule has 2 aromatic carbocycles. The summed E-state index contributed by atoms with van der Waals surface area (Å²) in [5, 5.41) is 4.34. The number of rotatable bonds is 4. The highest BCUT2D eigenvalue weighted by Gasteiger charge is 2.19. The number of halogens is 1. The normalized spacial score (nSPS) is 16.3. The van der Waals surface area contributed by atoms with Crippen LogP contribution in [0.3, 0.4) is 0 Å². The summed E-state index contributed by atoms with van der Waals surface area (Å²) in [6.07, 6.45) is 0. The van der Waals surface area contributed by atoms with E-state index in [1.165, 1.54) is 4.90 Å². The zero-order chi connectivity index (χ0) is 16.9. The number of piperazine rings is 1. The van der Waals surface area contributed by atoms with Gasteiger partial charge in [-0.1, -0.05) is 24.3 Å². The molecule has 5 heteroatoms. The van der Waals surface area contributed by atoms with E-state index >= 15 is 0 Å². The van der Waals surface area contributed by atoms with Gasteiger partial charge in [0, 0.05) is 5.56 Å². The quantitative estimate of drug-likeness (QED) is 0.665. The maximum absolute atomic E-state index is 14.5. The van der Waals surface area contributed by atoms with Crippen LogP contribution in [0.15, 0.2) is 53.6 Å². The maximum Gasteiger partial charge on any atom is 0.147 e. The zero-order valence-corrected chi connectivity index (χ0v) is 14.2. The second-order valence-electron chi connectivity index (χ2n) is 6.29. The first-order chi connectivity index (χ1) is 11.6. The number of nitrogens with zero attached hydrogens (tertiary/aromatic N) is 2. The first kappa shape index (κ1) is 16.5. The number of hydrogen-bond acceptors (Lipinski definition) is 3. The summed E-state index contributed by atoms with van der Waals surface area (Å²) in [6.45, 7) is 5.75. The molecule has 1 saturated heterocycles. The minimum Gasteiger partial charge on any atom is -0.358 e. The molecule has 1 aliphatic heterocycles. The summed E-state index contributed by atoms with van der Waals surface area (Å²) in [7, 11) is 2.18. The molecule has 2 aromatic rings. The van der Waals surface area contributed by atoms with Crippen molar-refractivity contribution >= 4 is 17.1 Å². The van der Waals surface area contributed by atoms with Gasteiger partial charge in [-0.2, -0.15) is 5.10 Å². The number of anilines is 2. The van der Waals surface area contributed by atoms with Gasteiger partial charge < -0.3 is 9.80 Å². The molecule has 0 aromatic heterocycles. The van der Waals surface area contributed by atoms with E-state index < -0.39 is 0 Å². The van der Waals surface area contributed by atoms with Crippen molar-refractivity contribution in [2.24, 2.45) is 5.10 Å². The number of likely N-dealkylation sites (N-methyl/N-ethyl adjacent to an activating group) is 1. The summed E-state index contributed by atoms with van der Waals surface area (Å²) < 4.78 is 14.5. The average molecular weight is 327 g/mol. The second-order valence-corrected chi connectivity index (χ2v) is 6.29. The van der Waals surface area contributed by atoms with Gasteiger partial charge in [-0.05, 0) is 31.2 Å². The minimum atomic E-state index is -0.179. The Balaban J connectivity index is 1.71. The Bertz CT molecular complexity index is 707. The number of quaternary nitrogens is 1. The van der Waals surface area contributed by atoms with Crippen LogP contribution in [-0.4, -0.2) is 38.9 Å². The Labute approximate surface area is 142 Å². The van der Waals surface area contributed by atoms with Crippen molar-refractivity contribution in [3.63, 3.8) is 0 Å². The van der Waals surface area contributed by atoms with Crippen molar-refractivity contribution in [2.45, 2.75) is 6.92 Å². The van der Waals surface area contributed by atoms with Crippen LogP contribution in [0.1, 0.15) is 12.5 Å². The molecule has 0 unspecified atom stereocenters. The molecule has 126 valence electrons. The van der Waals surface area contributed by atoms with Crippen molar-refractivity contribution in [3.8, 4) is 0 Å². The van der Waals surface area contributed by atoms with Crippen LogP contribution in [0, 0.1) is 5.82 Å². The molecule has 0 saturated carbocycles. The van der Waals surface area contributed by atoms with Crippen LogP contribution in [0.5, 0.6) is 0 Å². The van der Waals surface area contributed by atoms with E-state index in [-0.39, 0.29) is 5.82 Å². The predicted molar refractivity (Wildman–Crippen MR) is 97.5 cm³/mol. The highest BCUT2D eigenvalue weighted by molar-refractivity contribution is 5.99. The fraction of sp³-hybridized carbons (Fsp3) is 0.316. The standard InChI is InChI=1S/C19H23FN4/c1-15(21-22-17-6-4-3-5-7-17)16-8-9-19(18(20)14-16)24-12-10-23(2)11-13-24/h3-9,14,22H,10-13H2,1-2H3/p+1/b21-15-. The molecule has 0 amide bonds. The summed E-state index contributed by atoms with van der Waals surface area (Å²) in [6, 6.07) is 15.1. The first-order valence-corrected chi connectivity index (χ1v) is 8.35. The topological polar surface area (TPSA) is 32.1 Å². The van der Waals surface area contributed by atoms with Crippen molar-refractivity contribution in [1.82, 2.24) is 0 Å². The van der Waals surface area contributed by atoms with Crippen molar-refractivity contribution in [1.29, 1.82) is 0 Å². The molecule has 0 atom stereocenters. The van der Waals surface area contributed by atoms with Gasteiger partial charge in [0.05, 0.1) is 50.3 Å². The Hall–Kier alpha value is -2.40. The van der Waals surface area contributed by atoms with E-state index in [9.17, 15) is 4.39 Å². The van der Waals surface area contributed by atoms with Gasteiger partial charge in [0.1, 0.15) is 5.82 Å². The van der Waals surface area contributed by atoms with Gasteiger partial charge in [0.15, 0.2) is 0 Å². The molecule has 1 aliphatic rings. The second kappa shape index (κ2) is 7.45. The smallest absolute Gasteiger partial charge is 0.147 e. The average Bonchev–Trinajstić information content (AvgIpc) is 2.61. The highest BCUT2D eigenvalue weighted by atomic mass is 19.1. The van der Waals surface area contributed by atoms with Crippen molar-refractivity contribution in [2.75, 3.05) is 43.6 Å². The lowest BCUT2D eigenvalue weighted by molar-refractivity contribution is -0.880. The van der Waals surface area contributed by atoms with Crippen molar-refractivity contribution in [3.05, 3.63) is 59.9 Å². The third kappa shape index (κ3) is 3.92. The van der Waals surface area contributed by atoms with Gasteiger partial charge in [-0.3, -0.25) is 5.43 Å². The van der Waals surface area contributed by atoms with Gasteiger partial charge in [-0.25, -0.2) is 4.39 Å². The zero-order valence-electron chi connectivity index (χ0n) is 14.2. The van der Waals surface area contributed by atoms with E-state index in [0.29, 0.717) is 5.69 Å². The molecule has 1 fully saturated rings. The van der Waals surface area contributed by atoms with E-state index in [1.54, 1.807) is 6.07 Å². The monoisotopic (exact) mass is 327 g/mol. The third-order valence-corrected chi connectivity index (χ3v) is 4.45. The summed E-state index contributed by atoms with van der Waals surface area (Å²) in [4.78, 5) is 3.62. The lowest BCUT2D eigenvalue weighted by Crippen LogP contribution is -3.12. The first-order valence-electron chi connectivity index (χ1n) is 8.35. The molecule has 1 heterocycles. The van der Waals surface area contributed by atoms with Gasteiger partial charge in [-0.15, -0.1) is 0 Å². The van der Waals surface area contributed by atoms with E-state index in [1.807, 2.05) is 49.4 Å². The van der Waals surface area contributed by atoms with Gasteiger partial charge in [0.25, 0.3) is 0 Å². The molecular formula is C19H24FN4+. The fourth-order valence-corrected chi connectivity index (χ4v) is 2.84. The predicted octanol–water partition coefficient (Wildman–Crippen LogP) is 2.00. The molecule has 2 N–H and O–H groups in total. The van der Waals surface area contributed by atoms with E-state index in [0.717, 1.165) is 43.1 Å². The molecule has 24 heavy (non-hydrogen) atoms. The van der Waals surface area contributed by atoms with E-state index in [4.69, 9.17) is 0 Å². The van der Waals surface area contributed by atoms with Crippen LogP contribution in [0.25, 0.3) is 0 Å². The number of hydrogen-bond donors (Lipinski definition) is 2. The molecule has 0 aliphatic carbocycles. The highest BCUT2D eigenvalue weighted by Crippen LogP contribution is 2.21.